The third-order valence-corrected chi connectivity index (χ3v) is 10.1. The highest BCUT2D eigenvalue weighted by atomic mass is 16.5. The second-order valence-electron chi connectivity index (χ2n) is 15.5. The lowest BCUT2D eigenvalue weighted by molar-refractivity contribution is -0.150. The number of nitrogens with one attached hydrogen (secondary N) is 2. The summed E-state index contributed by atoms with van der Waals surface area (Å²) in [5.74, 6) is -2.32. The zero-order chi connectivity index (χ0) is 41.2. The molecule has 0 aromatic rings. The lowest BCUT2D eigenvalue weighted by atomic mass is 10.0. The lowest BCUT2D eigenvalue weighted by Crippen LogP contribution is -2.47. The van der Waals surface area contributed by atoms with Crippen LogP contribution < -0.4 is 10.6 Å². The summed E-state index contributed by atoms with van der Waals surface area (Å²) in [4.78, 5) is 47.6. The Morgan fingerprint density at radius 3 is 1.55 bits per heavy atom. The summed E-state index contributed by atoms with van der Waals surface area (Å²) in [7, 11) is 0. The van der Waals surface area contributed by atoms with Gasteiger partial charge in [-0.1, -0.05) is 147 Å². The van der Waals surface area contributed by atoms with E-state index in [1.807, 2.05) is 0 Å². The summed E-state index contributed by atoms with van der Waals surface area (Å²) in [6, 6.07) is -1.38. The van der Waals surface area contributed by atoms with Crippen LogP contribution in [-0.2, 0) is 23.9 Å². The molecule has 2 unspecified atom stereocenters. The molecule has 0 bridgehead atoms. The van der Waals surface area contributed by atoms with Gasteiger partial charge >= 0.3 is 11.9 Å². The Morgan fingerprint density at radius 2 is 0.982 bits per heavy atom. The van der Waals surface area contributed by atoms with Crippen molar-refractivity contribution in [2.45, 2.75) is 225 Å². The molecule has 0 aliphatic heterocycles. The van der Waals surface area contributed by atoms with E-state index >= 15 is 0 Å². The maximum Gasteiger partial charge on any atom is 0.328 e. The molecule has 2 atom stereocenters. The number of hydrogen-bond acceptors (Lipinski definition) is 6. The molecule has 9 heteroatoms. The highest BCUT2D eigenvalue weighted by molar-refractivity contribution is 5.87. The largest absolute Gasteiger partial charge is 0.480 e. The van der Waals surface area contributed by atoms with Crippen LogP contribution in [0.15, 0.2) is 36.5 Å². The molecule has 0 aliphatic carbocycles. The Hall–Kier alpha value is -2.94. The molecule has 4 N–H and O–H groups in total. The molecule has 9 nitrogen and oxygen atoms in total. The van der Waals surface area contributed by atoms with Crippen LogP contribution in [0.4, 0.5) is 0 Å². The first kappa shape index (κ1) is 53.1. The number of unbranched alkanes of at least 4 members (excludes halogenated alkanes) is 21. The van der Waals surface area contributed by atoms with Crippen LogP contribution in [0.2, 0.25) is 0 Å². The third-order valence-electron chi connectivity index (χ3n) is 10.1. The van der Waals surface area contributed by atoms with Crippen LogP contribution in [-0.4, -0.2) is 59.3 Å². The van der Waals surface area contributed by atoms with Crippen LogP contribution in [0.5, 0.6) is 0 Å². The maximum absolute atomic E-state index is 12.8. The number of hydrogen-bond donors (Lipinski definition) is 4. The molecule has 0 radical (unpaired) electrons. The van der Waals surface area contributed by atoms with E-state index in [4.69, 9.17) is 14.9 Å². The Bertz CT molecular complexity index is 1040. The van der Waals surface area contributed by atoms with Crippen LogP contribution in [0.25, 0.3) is 0 Å². The number of rotatable bonds is 41. The summed E-state index contributed by atoms with van der Waals surface area (Å²) < 4.78 is 6.02. The summed E-state index contributed by atoms with van der Waals surface area (Å²) in [6.07, 6.45) is 47.4. The van der Waals surface area contributed by atoms with Crippen molar-refractivity contribution in [3.63, 3.8) is 0 Å². The predicted octanol–water partition coefficient (Wildman–Crippen LogP) is 11.4. The molecule has 0 aromatic carbocycles. The van der Waals surface area contributed by atoms with E-state index < -0.39 is 24.5 Å². The molecular weight excluding hydrogens is 705 g/mol. The minimum absolute atomic E-state index is 0.0474. The third kappa shape index (κ3) is 38.0. The van der Waals surface area contributed by atoms with Crippen molar-refractivity contribution in [2.24, 2.45) is 0 Å². The Balaban J connectivity index is 4.31. The molecule has 0 heterocycles. The van der Waals surface area contributed by atoms with Gasteiger partial charge in [-0.3, -0.25) is 14.4 Å². The minimum atomic E-state index is -1.38. The number of carbonyl (C=O) groups excluding carboxylic acids is 3. The monoisotopic (exact) mass is 789 g/mol. The first-order valence-corrected chi connectivity index (χ1v) is 22.9. The zero-order valence-electron chi connectivity index (χ0n) is 35.9. The second kappa shape index (κ2) is 41.7. The van der Waals surface area contributed by atoms with Crippen LogP contribution in [0.3, 0.4) is 0 Å². The molecule has 0 saturated carbocycles. The second-order valence-corrected chi connectivity index (χ2v) is 15.5. The number of carboxylic acid groups (broad SMARTS) is 1. The normalized spacial score (nSPS) is 12.8. The van der Waals surface area contributed by atoms with E-state index in [1.165, 1.54) is 103 Å². The van der Waals surface area contributed by atoms with Gasteiger partial charge in [0.1, 0.15) is 12.1 Å². The van der Waals surface area contributed by atoms with E-state index in [1.54, 1.807) is 0 Å². The number of aliphatic hydroxyl groups is 1. The average Bonchev–Trinajstić information content (AvgIpc) is 3.18. The predicted molar refractivity (Wildman–Crippen MR) is 231 cm³/mol. The summed E-state index contributed by atoms with van der Waals surface area (Å²) >= 11 is 0. The van der Waals surface area contributed by atoms with E-state index in [9.17, 15) is 19.2 Å². The van der Waals surface area contributed by atoms with Crippen LogP contribution >= 0.6 is 0 Å². The molecule has 0 saturated heterocycles. The minimum Gasteiger partial charge on any atom is -0.480 e. The van der Waals surface area contributed by atoms with E-state index in [0.717, 1.165) is 77.0 Å². The fourth-order valence-electron chi connectivity index (χ4n) is 6.57. The number of esters is 1. The fraction of sp³-hybridized carbons (Fsp3) is 0.787. The SMILES string of the molecule is CCCCC/C=C\C/C=C\CCCCCCCCCC(=O)OC(CCC/C=C\CCCCCCCC)CCCCCCCC(=O)NCC(=O)NC(CO)C(=O)O. The molecular formula is C47H84N2O7. The Morgan fingerprint density at radius 1 is 0.536 bits per heavy atom. The molecule has 0 aromatic heterocycles. The molecule has 2 amide bonds. The van der Waals surface area contributed by atoms with Gasteiger partial charge in [0.05, 0.1) is 13.2 Å². The van der Waals surface area contributed by atoms with E-state index in [0.29, 0.717) is 12.8 Å². The van der Waals surface area contributed by atoms with Gasteiger partial charge in [0.2, 0.25) is 11.8 Å². The quantitative estimate of drug-likeness (QED) is 0.0274. The number of aliphatic carboxylic acids is 1. The van der Waals surface area contributed by atoms with Crippen LogP contribution in [0, 0.1) is 0 Å². The van der Waals surface area contributed by atoms with Crippen molar-refractivity contribution in [1.82, 2.24) is 10.6 Å². The van der Waals surface area contributed by atoms with Crippen LogP contribution in [0.1, 0.15) is 213 Å². The number of ether oxygens (including phenoxy) is 1. The lowest BCUT2D eigenvalue weighted by Gasteiger charge is -2.18. The van der Waals surface area contributed by atoms with Crippen molar-refractivity contribution in [3.8, 4) is 0 Å². The van der Waals surface area contributed by atoms with Gasteiger partial charge in [-0.25, -0.2) is 4.79 Å². The average molecular weight is 789 g/mol. The van der Waals surface area contributed by atoms with Crippen molar-refractivity contribution in [2.75, 3.05) is 13.2 Å². The molecule has 0 aliphatic rings. The van der Waals surface area contributed by atoms with Gasteiger partial charge in [0.15, 0.2) is 0 Å². The van der Waals surface area contributed by atoms with Gasteiger partial charge in [0, 0.05) is 12.8 Å². The van der Waals surface area contributed by atoms with E-state index in [2.05, 4.69) is 60.9 Å². The number of amides is 2. The number of carboxylic acids is 1. The number of aliphatic hydroxyl groups excluding tert-OH is 1. The molecule has 56 heavy (non-hydrogen) atoms. The standard InChI is InChI=1S/C47H84N2O7/c1-3-5-7-9-11-13-15-16-17-18-19-20-22-24-26-31-35-39-46(53)56-42(36-32-28-25-23-21-14-12-10-8-6-4-2)37-33-29-27-30-34-38-44(51)48-40-45(52)49-43(41-50)47(54)55/h11,13,16-17,23,25,42-43,50H,3-10,12,14-15,18-22,24,26-41H2,1-2H3,(H,48,51)(H,49,52)(H,54,55)/b13-11-,17-16-,25-23-. The molecule has 0 rings (SSSR count). The molecule has 324 valence electrons. The first-order valence-electron chi connectivity index (χ1n) is 22.9. The van der Waals surface area contributed by atoms with Crippen molar-refractivity contribution in [1.29, 1.82) is 0 Å². The Kier molecular flexibility index (Phi) is 39.5. The van der Waals surface area contributed by atoms with Crippen molar-refractivity contribution < 1.29 is 34.1 Å². The Labute approximate surface area is 342 Å². The maximum atomic E-state index is 12.8. The summed E-state index contributed by atoms with van der Waals surface area (Å²) in [5.41, 5.74) is 0. The van der Waals surface area contributed by atoms with Gasteiger partial charge in [-0.15, -0.1) is 0 Å². The smallest absolute Gasteiger partial charge is 0.328 e. The number of carbonyl (C=O) groups is 4. The highest BCUT2D eigenvalue weighted by Crippen LogP contribution is 2.18. The van der Waals surface area contributed by atoms with Crippen molar-refractivity contribution >= 4 is 23.8 Å². The topological polar surface area (TPSA) is 142 Å². The first-order chi connectivity index (χ1) is 27.3. The summed E-state index contributed by atoms with van der Waals surface area (Å²) in [6.45, 7) is 3.45. The zero-order valence-corrected chi connectivity index (χ0v) is 35.9. The highest BCUT2D eigenvalue weighted by Gasteiger charge is 2.19. The van der Waals surface area contributed by atoms with Gasteiger partial charge in [-0.05, 0) is 89.9 Å². The van der Waals surface area contributed by atoms with Gasteiger partial charge < -0.3 is 25.6 Å². The van der Waals surface area contributed by atoms with Crippen molar-refractivity contribution in [3.05, 3.63) is 36.5 Å². The van der Waals surface area contributed by atoms with E-state index in [-0.39, 0.29) is 30.9 Å². The molecule has 0 fully saturated rings. The fourth-order valence-corrected chi connectivity index (χ4v) is 6.57. The molecule has 0 spiro atoms. The van der Waals surface area contributed by atoms with Gasteiger partial charge in [0.25, 0.3) is 0 Å². The van der Waals surface area contributed by atoms with Gasteiger partial charge in [-0.2, -0.15) is 0 Å². The summed E-state index contributed by atoms with van der Waals surface area (Å²) in [5, 5.41) is 22.6. The number of allylic oxidation sites excluding steroid dienone is 6.